The van der Waals surface area contributed by atoms with E-state index in [1.165, 1.54) is 18.2 Å². The molecule has 1 rings (SSSR count). The van der Waals surface area contributed by atoms with Crippen LogP contribution in [0.3, 0.4) is 0 Å². The van der Waals surface area contributed by atoms with Gasteiger partial charge in [-0.2, -0.15) is 5.26 Å². The Bertz CT molecular complexity index is 466. The molecular formula is C12H16FIN4. The van der Waals surface area contributed by atoms with Crippen LogP contribution in [0.1, 0.15) is 25.0 Å². The third-order valence-corrected chi connectivity index (χ3v) is 2.03. The molecule has 0 aromatic heterocycles. The summed E-state index contributed by atoms with van der Waals surface area (Å²) in [5.41, 5.74) is 6.36. The summed E-state index contributed by atoms with van der Waals surface area (Å²) < 4.78 is 13.4. The molecule has 0 atom stereocenters. The second kappa shape index (κ2) is 7.87. The number of hydrogen-bond donors (Lipinski definition) is 2. The molecule has 0 fully saturated rings. The first-order valence-corrected chi connectivity index (χ1v) is 5.28. The van der Waals surface area contributed by atoms with Crippen molar-refractivity contribution in [3.63, 3.8) is 0 Å². The predicted octanol–water partition coefficient (Wildman–Crippen LogP) is 2.13. The van der Waals surface area contributed by atoms with Gasteiger partial charge in [-0.05, 0) is 32.0 Å². The highest BCUT2D eigenvalue weighted by Crippen LogP contribution is 2.11. The Hall–Kier alpha value is -1.36. The summed E-state index contributed by atoms with van der Waals surface area (Å²) in [5, 5.41) is 11.6. The van der Waals surface area contributed by atoms with Gasteiger partial charge >= 0.3 is 0 Å². The van der Waals surface area contributed by atoms with E-state index in [1.807, 2.05) is 19.9 Å². The molecule has 6 heteroatoms. The van der Waals surface area contributed by atoms with Crippen molar-refractivity contribution < 1.29 is 4.39 Å². The number of hydrogen-bond acceptors (Lipinski definition) is 2. The van der Waals surface area contributed by atoms with Crippen LogP contribution in [0.15, 0.2) is 23.2 Å². The van der Waals surface area contributed by atoms with Gasteiger partial charge in [0, 0.05) is 11.6 Å². The lowest BCUT2D eigenvalue weighted by molar-refractivity contribution is 0.610. The monoisotopic (exact) mass is 362 g/mol. The largest absolute Gasteiger partial charge is 0.370 e. The molecule has 0 saturated carbocycles. The van der Waals surface area contributed by atoms with Gasteiger partial charge in [0.1, 0.15) is 5.82 Å². The average molecular weight is 362 g/mol. The standard InChI is InChI=1S/C12H15FN4.HI/c1-8(2)17-12(15)16-7-10-5-9(6-14)3-4-11(10)13;/h3-5,8H,7H2,1-2H3,(H3,15,16,17);1H. The van der Waals surface area contributed by atoms with Crippen LogP contribution >= 0.6 is 24.0 Å². The van der Waals surface area contributed by atoms with E-state index in [2.05, 4.69) is 10.3 Å². The summed E-state index contributed by atoms with van der Waals surface area (Å²) in [7, 11) is 0. The first-order valence-electron chi connectivity index (χ1n) is 5.28. The number of nitrogens with two attached hydrogens (primary N) is 1. The summed E-state index contributed by atoms with van der Waals surface area (Å²) in [5.74, 6) is -0.119. The normalized spacial score (nSPS) is 10.7. The number of nitrogens with zero attached hydrogens (tertiary/aromatic N) is 2. The fraction of sp³-hybridized carbons (Fsp3) is 0.333. The highest BCUT2D eigenvalue weighted by atomic mass is 127. The maximum absolute atomic E-state index is 13.4. The van der Waals surface area contributed by atoms with E-state index >= 15 is 0 Å². The molecule has 1 aromatic carbocycles. The van der Waals surface area contributed by atoms with Gasteiger partial charge in [0.15, 0.2) is 5.96 Å². The third kappa shape index (κ3) is 5.31. The molecule has 0 radical (unpaired) electrons. The van der Waals surface area contributed by atoms with E-state index in [0.717, 1.165) is 0 Å². The highest BCUT2D eigenvalue weighted by molar-refractivity contribution is 14.0. The van der Waals surface area contributed by atoms with Crippen molar-refractivity contribution in [3.8, 4) is 6.07 Å². The number of guanidine groups is 1. The molecule has 1 aromatic rings. The Morgan fingerprint density at radius 3 is 2.78 bits per heavy atom. The van der Waals surface area contributed by atoms with Gasteiger partial charge in [-0.15, -0.1) is 24.0 Å². The van der Waals surface area contributed by atoms with Crippen LogP contribution in [0.4, 0.5) is 4.39 Å². The van der Waals surface area contributed by atoms with Crippen LogP contribution in [-0.2, 0) is 6.54 Å². The Labute approximate surface area is 123 Å². The zero-order chi connectivity index (χ0) is 12.8. The van der Waals surface area contributed by atoms with Gasteiger partial charge in [0.2, 0.25) is 0 Å². The number of halogens is 2. The lowest BCUT2D eigenvalue weighted by atomic mass is 10.1. The highest BCUT2D eigenvalue weighted by Gasteiger charge is 2.03. The SMILES string of the molecule is CC(C)NC(N)=NCc1cc(C#N)ccc1F.I. The first kappa shape index (κ1) is 16.6. The molecule has 0 heterocycles. The minimum Gasteiger partial charge on any atom is -0.370 e. The quantitative estimate of drug-likeness (QED) is 0.492. The van der Waals surface area contributed by atoms with Gasteiger partial charge in [-0.1, -0.05) is 0 Å². The minimum absolute atomic E-state index is 0. The van der Waals surface area contributed by atoms with Crippen molar-refractivity contribution >= 4 is 29.9 Å². The molecule has 0 aliphatic heterocycles. The maximum atomic E-state index is 13.4. The van der Waals surface area contributed by atoms with E-state index in [1.54, 1.807) is 0 Å². The molecule has 0 aliphatic rings. The molecule has 18 heavy (non-hydrogen) atoms. The van der Waals surface area contributed by atoms with Crippen LogP contribution in [-0.4, -0.2) is 12.0 Å². The van der Waals surface area contributed by atoms with Crippen LogP contribution in [0.25, 0.3) is 0 Å². The van der Waals surface area contributed by atoms with Crippen molar-refractivity contribution in [2.75, 3.05) is 0 Å². The van der Waals surface area contributed by atoms with Gasteiger partial charge in [-0.25, -0.2) is 9.38 Å². The van der Waals surface area contributed by atoms with E-state index in [0.29, 0.717) is 11.1 Å². The zero-order valence-electron chi connectivity index (χ0n) is 10.3. The fourth-order valence-electron chi connectivity index (χ4n) is 1.28. The van der Waals surface area contributed by atoms with Gasteiger partial charge in [0.05, 0.1) is 18.2 Å². The van der Waals surface area contributed by atoms with E-state index in [4.69, 9.17) is 11.0 Å². The van der Waals surface area contributed by atoms with Crippen LogP contribution < -0.4 is 11.1 Å². The lowest BCUT2D eigenvalue weighted by Crippen LogP contribution is -2.36. The van der Waals surface area contributed by atoms with E-state index in [-0.39, 0.29) is 48.3 Å². The Morgan fingerprint density at radius 1 is 1.56 bits per heavy atom. The smallest absolute Gasteiger partial charge is 0.189 e. The molecule has 0 bridgehead atoms. The number of benzene rings is 1. The van der Waals surface area contributed by atoms with Crippen LogP contribution in [0.2, 0.25) is 0 Å². The summed E-state index contributed by atoms with van der Waals surface area (Å²) in [6.45, 7) is 3.98. The number of nitrogens with one attached hydrogen (secondary N) is 1. The zero-order valence-corrected chi connectivity index (χ0v) is 12.6. The van der Waals surface area contributed by atoms with Crippen LogP contribution in [0.5, 0.6) is 0 Å². The Kier molecular flexibility index (Phi) is 7.27. The Morgan fingerprint density at radius 2 is 2.22 bits per heavy atom. The molecule has 0 unspecified atom stereocenters. The average Bonchev–Trinajstić information content (AvgIpc) is 2.27. The molecule has 3 N–H and O–H groups in total. The predicted molar refractivity (Wildman–Crippen MR) is 80.1 cm³/mol. The van der Waals surface area contributed by atoms with Crippen molar-refractivity contribution in [3.05, 3.63) is 35.1 Å². The topological polar surface area (TPSA) is 74.2 Å². The van der Waals surface area contributed by atoms with E-state index < -0.39 is 0 Å². The van der Waals surface area contributed by atoms with Gasteiger partial charge in [0.25, 0.3) is 0 Å². The molecule has 4 nitrogen and oxygen atoms in total. The molecule has 0 spiro atoms. The van der Waals surface area contributed by atoms with Crippen molar-refractivity contribution in [1.29, 1.82) is 5.26 Å². The summed E-state index contributed by atoms with van der Waals surface area (Å²) in [6.07, 6.45) is 0. The second-order valence-electron chi connectivity index (χ2n) is 3.92. The second-order valence-corrected chi connectivity index (χ2v) is 3.92. The molecule has 0 saturated heterocycles. The maximum Gasteiger partial charge on any atom is 0.189 e. The minimum atomic E-state index is -0.384. The van der Waals surface area contributed by atoms with Crippen LogP contribution in [0, 0.1) is 17.1 Å². The summed E-state index contributed by atoms with van der Waals surface area (Å²) in [4.78, 5) is 4.00. The van der Waals surface area contributed by atoms with E-state index in [9.17, 15) is 4.39 Å². The molecule has 98 valence electrons. The van der Waals surface area contributed by atoms with Gasteiger partial charge < -0.3 is 11.1 Å². The van der Waals surface area contributed by atoms with Crippen molar-refractivity contribution in [1.82, 2.24) is 5.32 Å². The lowest BCUT2D eigenvalue weighted by Gasteiger charge is -2.08. The fourth-order valence-corrected chi connectivity index (χ4v) is 1.28. The number of nitriles is 1. The number of rotatable bonds is 3. The summed E-state index contributed by atoms with van der Waals surface area (Å²) >= 11 is 0. The molecule has 0 aliphatic carbocycles. The summed E-state index contributed by atoms with van der Waals surface area (Å²) in [6, 6.07) is 6.29. The number of aliphatic imine (C=N–C) groups is 1. The molecular weight excluding hydrogens is 346 g/mol. The van der Waals surface area contributed by atoms with Crippen molar-refractivity contribution in [2.24, 2.45) is 10.7 Å². The van der Waals surface area contributed by atoms with Crippen molar-refractivity contribution in [2.45, 2.75) is 26.4 Å². The molecule has 0 amide bonds. The first-order chi connectivity index (χ1) is 8.02. The third-order valence-electron chi connectivity index (χ3n) is 2.03. The van der Waals surface area contributed by atoms with Gasteiger partial charge in [-0.3, -0.25) is 0 Å². The Balaban J connectivity index is 0.00000289.